The molecular weight excluding hydrogens is 379 g/mol. The maximum atomic E-state index is 13.2. The van der Waals surface area contributed by atoms with Crippen LogP contribution in [0.15, 0.2) is 71.6 Å². The lowest BCUT2D eigenvalue weighted by Gasteiger charge is -2.12. The van der Waals surface area contributed by atoms with Crippen LogP contribution in [0.2, 0.25) is 0 Å². The fraction of sp³-hybridized carbons (Fsp3) is 0.0952. The molecule has 0 aliphatic rings. The highest BCUT2D eigenvalue weighted by atomic mass is 32.2. The molecule has 0 heterocycles. The Morgan fingerprint density at radius 3 is 2.29 bits per heavy atom. The minimum Gasteiger partial charge on any atom is -0.322 e. The minimum atomic E-state index is -3.79. The Morgan fingerprint density at radius 2 is 1.61 bits per heavy atom. The zero-order valence-corrected chi connectivity index (χ0v) is 16.2. The van der Waals surface area contributed by atoms with Crippen LogP contribution < -0.4 is 10.0 Å². The summed E-state index contributed by atoms with van der Waals surface area (Å²) in [5.74, 6) is -0.922. The summed E-state index contributed by atoms with van der Waals surface area (Å²) in [7, 11) is -3.79. The van der Waals surface area contributed by atoms with E-state index >= 15 is 0 Å². The van der Waals surface area contributed by atoms with Gasteiger partial charge in [-0.1, -0.05) is 18.2 Å². The first-order valence-electron chi connectivity index (χ1n) is 8.52. The van der Waals surface area contributed by atoms with Gasteiger partial charge in [0.2, 0.25) is 0 Å². The van der Waals surface area contributed by atoms with E-state index in [0.29, 0.717) is 11.4 Å². The number of carbonyl (C=O) groups is 1. The van der Waals surface area contributed by atoms with E-state index in [1.807, 2.05) is 19.9 Å². The average Bonchev–Trinajstić information content (AvgIpc) is 2.65. The molecule has 3 rings (SSSR count). The number of sulfonamides is 1. The molecular formula is C21H19FN2O3S. The van der Waals surface area contributed by atoms with E-state index in [1.165, 1.54) is 42.5 Å². The van der Waals surface area contributed by atoms with Crippen molar-refractivity contribution in [2.24, 2.45) is 0 Å². The van der Waals surface area contributed by atoms with Gasteiger partial charge < -0.3 is 5.32 Å². The van der Waals surface area contributed by atoms with Crippen LogP contribution in [0.25, 0.3) is 0 Å². The number of halogens is 1. The zero-order valence-electron chi connectivity index (χ0n) is 15.4. The number of rotatable bonds is 5. The highest BCUT2D eigenvalue weighted by Crippen LogP contribution is 2.22. The molecule has 0 aliphatic carbocycles. The second kappa shape index (κ2) is 7.82. The third-order valence-electron chi connectivity index (χ3n) is 4.36. The van der Waals surface area contributed by atoms with Gasteiger partial charge in [-0.3, -0.25) is 9.52 Å². The molecule has 0 bridgehead atoms. The van der Waals surface area contributed by atoms with Crippen molar-refractivity contribution in [2.45, 2.75) is 18.7 Å². The first-order valence-corrected chi connectivity index (χ1v) is 10.0. The molecule has 7 heteroatoms. The van der Waals surface area contributed by atoms with Crippen molar-refractivity contribution in [2.75, 3.05) is 10.0 Å². The fourth-order valence-electron chi connectivity index (χ4n) is 2.62. The third kappa shape index (κ3) is 4.37. The SMILES string of the molecule is Cc1cccc(NS(=O)(=O)c2ccc(C(=O)Nc3cccc(F)c3)cc2)c1C. The van der Waals surface area contributed by atoms with Crippen LogP contribution in [0.5, 0.6) is 0 Å². The van der Waals surface area contributed by atoms with Crippen molar-refractivity contribution >= 4 is 27.3 Å². The normalized spacial score (nSPS) is 11.1. The van der Waals surface area contributed by atoms with Crippen LogP contribution in [-0.4, -0.2) is 14.3 Å². The van der Waals surface area contributed by atoms with Crippen LogP contribution in [-0.2, 0) is 10.0 Å². The van der Waals surface area contributed by atoms with Crippen LogP contribution in [0, 0.1) is 19.7 Å². The molecule has 144 valence electrons. The van der Waals surface area contributed by atoms with E-state index in [-0.39, 0.29) is 10.5 Å². The molecule has 0 aromatic heterocycles. The predicted octanol–water partition coefficient (Wildman–Crippen LogP) is 4.50. The third-order valence-corrected chi connectivity index (χ3v) is 5.74. The van der Waals surface area contributed by atoms with Crippen LogP contribution in [0.4, 0.5) is 15.8 Å². The van der Waals surface area contributed by atoms with E-state index < -0.39 is 21.7 Å². The fourth-order valence-corrected chi connectivity index (χ4v) is 3.74. The van der Waals surface area contributed by atoms with E-state index in [9.17, 15) is 17.6 Å². The number of anilines is 2. The lowest BCUT2D eigenvalue weighted by molar-refractivity contribution is 0.102. The van der Waals surface area contributed by atoms with Gasteiger partial charge in [-0.2, -0.15) is 0 Å². The van der Waals surface area contributed by atoms with E-state index in [0.717, 1.165) is 11.1 Å². The number of benzene rings is 3. The molecule has 0 spiro atoms. The summed E-state index contributed by atoms with van der Waals surface area (Å²) in [4.78, 5) is 12.3. The van der Waals surface area contributed by atoms with Gasteiger partial charge in [0.25, 0.3) is 15.9 Å². The molecule has 1 amide bonds. The molecule has 5 nitrogen and oxygen atoms in total. The van der Waals surface area contributed by atoms with Crippen molar-refractivity contribution in [3.05, 3.63) is 89.2 Å². The summed E-state index contributed by atoms with van der Waals surface area (Å²) >= 11 is 0. The monoisotopic (exact) mass is 398 g/mol. The molecule has 2 N–H and O–H groups in total. The minimum absolute atomic E-state index is 0.0377. The van der Waals surface area contributed by atoms with Gasteiger partial charge in [-0.05, 0) is 73.5 Å². The van der Waals surface area contributed by atoms with Crippen molar-refractivity contribution in [1.29, 1.82) is 0 Å². The molecule has 3 aromatic rings. The maximum Gasteiger partial charge on any atom is 0.261 e. The Bertz CT molecular complexity index is 1130. The zero-order chi connectivity index (χ0) is 20.3. The Morgan fingerprint density at radius 1 is 0.929 bits per heavy atom. The van der Waals surface area contributed by atoms with Crippen molar-refractivity contribution in [3.63, 3.8) is 0 Å². The molecule has 0 saturated carbocycles. The molecule has 0 unspecified atom stereocenters. The number of hydrogen-bond acceptors (Lipinski definition) is 3. The first kappa shape index (κ1) is 19.6. The van der Waals surface area contributed by atoms with Gasteiger partial charge in [0, 0.05) is 11.3 Å². The highest BCUT2D eigenvalue weighted by molar-refractivity contribution is 7.92. The molecule has 0 fully saturated rings. The van der Waals surface area contributed by atoms with E-state index in [4.69, 9.17) is 0 Å². The summed E-state index contributed by atoms with van der Waals surface area (Å²) in [5, 5.41) is 2.57. The summed E-state index contributed by atoms with van der Waals surface area (Å²) < 4.78 is 41.0. The molecule has 28 heavy (non-hydrogen) atoms. The summed E-state index contributed by atoms with van der Waals surface area (Å²) in [5.41, 5.74) is 2.91. The lowest BCUT2D eigenvalue weighted by atomic mass is 10.1. The number of carbonyl (C=O) groups excluding carboxylic acids is 1. The van der Waals surface area contributed by atoms with Gasteiger partial charge in [0.15, 0.2) is 0 Å². The van der Waals surface area contributed by atoms with E-state index in [1.54, 1.807) is 18.2 Å². The average molecular weight is 398 g/mol. The summed E-state index contributed by atoms with van der Waals surface area (Å²) in [6.45, 7) is 3.74. The van der Waals surface area contributed by atoms with Crippen LogP contribution in [0.1, 0.15) is 21.5 Å². The Kier molecular flexibility index (Phi) is 5.46. The quantitative estimate of drug-likeness (QED) is 0.665. The van der Waals surface area contributed by atoms with Gasteiger partial charge >= 0.3 is 0 Å². The smallest absolute Gasteiger partial charge is 0.261 e. The number of hydrogen-bond donors (Lipinski definition) is 2. The molecule has 0 radical (unpaired) electrons. The van der Waals surface area contributed by atoms with E-state index in [2.05, 4.69) is 10.0 Å². The summed E-state index contributed by atoms with van der Waals surface area (Å²) in [6.07, 6.45) is 0. The Balaban J connectivity index is 1.77. The first-order chi connectivity index (χ1) is 13.3. The number of amides is 1. The van der Waals surface area contributed by atoms with Gasteiger partial charge in [-0.15, -0.1) is 0 Å². The predicted molar refractivity (Wildman–Crippen MR) is 108 cm³/mol. The largest absolute Gasteiger partial charge is 0.322 e. The standard InChI is InChI=1S/C21H19FN2O3S/c1-14-5-3-8-20(15(14)2)24-28(26,27)19-11-9-16(10-12-19)21(25)23-18-7-4-6-17(22)13-18/h3-13,24H,1-2H3,(H,23,25). The van der Waals surface area contributed by atoms with Crippen molar-refractivity contribution in [1.82, 2.24) is 0 Å². The maximum absolute atomic E-state index is 13.2. The Labute approximate surface area is 163 Å². The topological polar surface area (TPSA) is 75.3 Å². The van der Waals surface area contributed by atoms with Crippen molar-refractivity contribution < 1.29 is 17.6 Å². The van der Waals surface area contributed by atoms with Gasteiger partial charge in [0.1, 0.15) is 5.82 Å². The van der Waals surface area contributed by atoms with Crippen molar-refractivity contribution in [3.8, 4) is 0 Å². The number of nitrogens with one attached hydrogen (secondary N) is 2. The molecule has 0 saturated heterocycles. The van der Waals surface area contributed by atoms with Gasteiger partial charge in [0.05, 0.1) is 10.6 Å². The number of aryl methyl sites for hydroxylation is 1. The molecule has 0 atom stereocenters. The second-order valence-corrected chi connectivity index (χ2v) is 8.02. The van der Waals surface area contributed by atoms with Gasteiger partial charge in [-0.25, -0.2) is 12.8 Å². The summed E-state index contributed by atoms with van der Waals surface area (Å²) in [6, 6.07) is 16.4. The molecule has 3 aromatic carbocycles. The Hall–Kier alpha value is -3.19. The van der Waals surface area contributed by atoms with Crippen LogP contribution in [0.3, 0.4) is 0 Å². The molecule has 0 aliphatic heterocycles. The highest BCUT2D eigenvalue weighted by Gasteiger charge is 2.16. The lowest BCUT2D eigenvalue weighted by Crippen LogP contribution is -2.15. The second-order valence-electron chi connectivity index (χ2n) is 6.34. The van der Waals surface area contributed by atoms with Crippen LogP contribution >= 0.6 is 0 Å².